The van der Waals surface area contributed by atoms with E-state index in [1.165, 1.54) is 0 Å². The molecule has 1 heterocycles. The fraction of sp³-hybridized carbons (Fsp3) is 0.818. The largest absolute Gasteiger partial charge is 0.369 e. The standard InChI is InChI=1S/C11H21N3O2/c1-8(10(12)15)7-13-9(2)11(16)14-5-3-4-6-14/h8-9,13H,3-7H2,1-2H3,(H2,12,15). The van der Waals surface area contributed by atoms with Crippen LogP contribution in [0, 0.1) is 5.92 Å². The average Bonchev–Trinajstić information content (AvgIpc) is 2.77. The van der Waals surface area contributed by atoms with Gasteiger partial charge in [0.15, 0.2) is 0 Å². The highest BCUT2D eigenvalue weighted by Crippen LogP contribution is 2.09. The van der Waals surface area contributed by atoms with Gasteiger partial charge in [-0.3, -0.25) is 9.59 Å². The molecule has 0 aromatic carbocycles. The zero-order chi connectivity index (χ0) is 12.1. The first-order valence-corrected chi connectivity index (χ1v) is 5.84. The molecule has 1 aliphatic rings. The Morgan fingerprint density at radius 3 is 2.38 bits per heavy atom. The molecule has 92 valence electrons. The van der Waals surface area contributed by atoms with Gasteiger partial charge in [-0.15, -0.1) is 0 Å². The molecule has 0 saturated carbocycles. The summed E-state index contributed by atoms with van der Waals surface area (Å²) in [7, 11) is 0. The molecule has 0 radical (unpaired) electrons. The van der Waals surface area contributed by atoms with Crippen LogP contribution in [0.2, 0.25) is 0 Å². The average molecular weight is 227 g/mol. The molecule has 1 rings (SSSR count). The Hall–Kier alpha value is -1.10. The predicted octanol–water partition coefficient (Wildman–Crippen LogP) is -0.292. The number of nitrogens with two attached hydrogens (primary N) is 1. The maximum Gasteiger partial charge on any atom is 0.239 e. The smallest absolute Gasteiger partial charge is 0.239 e. The maximum absolute atomic E-state index is 11.9. The van der Waals surface area contributed by atoms with E-state index in [0.29, 0.717) is 6.54 Å². The Kier molecular flexibility index (Phi) is 4.73. The van der Waals surface area contributed by atoms with Crippen LogP contribution in [0.3, 0.4) is 0 Å². The second-order valence-electron chi connectivity index (χ2n) is 4.47. The highest BCUT2D eigenvalue weighted by molar-refractivity contribution is 5.82. The van der Waals surface area contributed by atoms with Crippen LogP contribution < -0.4 is 11.1 Å². The van der Waals surface area contributed by atoms with E-state index in [-0.39, 0.29) is 23.8 Å². The molecule has 1 saturated heterocycles. The van der Waals surface area contributed by atoms with E-state index in [1.54, 1.807) is 6.92 Å². The molecule has 5 nitrogen and oxygen atoms in total. The number of carbonyl (C=O) groups is 2. The molecular weight excluding hydrogens is 206 g/mol. The molecule has 2 unspecified atom stereocenters. The summed E-state index contributed by atoms with van der Waals surface area (Å²) in [5, 5.41) is 3.05. The monoisotopic (exact) mass is 227 g/mol. The van der Waals surface area contributed by atoms with Crippen molar-refractivity contribution in [1.82, 2.24) is 10.2 Å². The highest BCUT2D eigenvalue weighted by atomic mass is 16.2. The molecule has 0 aromatic heterocycles. The second kappa shape index (κ2) is 5.84. The fourth-order valence-electron chi connectivity index (χ4n) is 1.75. The van der Waals surface area contributed by atoms with Crippen molar-refractivity contribution in [2.45, 2.75) is 32.7 Å². The third-order valence-electron chi connectivity index (χ3n) is 3.00. The molecule has 0 aromatic rings. The summed E-state index contributed by atoms with van der Waals surface area (Å²) in [6.07, 6.45) is 2.19. The van der Waals surface area contributed by atoms with Gasteiger partial charge < -0.3 is 16.0 Å². The molecule has 2 amide bonds. The molecule has 3 N–H and O–H groups in total. The van der Waals surface area contributed by atoms with Crippen molar-refractivity contribution in [2.24, 2.45) is 11.7 Å². The van der Waals surface area contributed by atoms with Crippen molar-refractivity contribution in [3.8, 4) is 0 Å². The van der Waals surface area contributed by atoms with Gasteiger partial charge in [-0.1, -0.05) is 6.92 Å². The number of hydrogen-bond donors (Lipinski definition) is 2. The van der Waals surface area contributed by atoms with E-state index in [2.05, 4.69) is 5.32 Å². The minimum absolute atomic E-state index is 0.120. The van der Waals surface area contributed by atoms with Crippen LogP contribution in [0.5, 0.6) is 0 Å². The zero-order valence-electron chi connectivity index (χ0n) is 10.0. The molecule has 0 spiro atoms. The summed E-state index contributed by atoms with van der Waals surface area (Å²) in [5.41, 5.74) is 5.15. The molecule has 1 fully saturated rings. The predicted molar refractivity (Wildman–Crippen MR) is 61.6 cm³/mol. The van der Waals surface area contributed by atoms with E-state index in [0.717, 1.165) is 25.9 Å². The number of primary amides is 1. The molecule has 2 atom stereocenters. The van der Waals surface area contributed by atoms with Crippen molar-refractivity contribution in [1.29, 1.82) is 0 Å². The summed E-state index contributed by atoms with van der Waals surface area (Å²) in [6, 6.07) is -0.236. The molecule has 0 aliphatic carbocycles. The van der Waals surface area contributed by atoms with Gasteiger partial charge in [0.1, 0.15) is 0 Å². The molecule has 0 bridgehead atoms. The van der Waals surface area contributed by atoms with Crippen molar-refractivity contribution in [2.75, 3.05) is 19.6 Å². The second-order valence-corrected chi connectivity index (χ2v) is 4.47. The van der Waals surface area contributed by atoms with Crippen LogP contribution in [0.25, 0.3) is 0 Å². The van der Waals surface area contributed by atoms with Gasteiger partial charge >= 0.3 is 0 Å². The quantitative estimate of drug-likeness (QED) is 0.677. The first-order valence-electron chi connectivity index (χ1n) is 5.84. The van der Waals surface area contributed by atoms with Crippen LogP contribution in [-0.2, 0) is 9.59 Å². The molecule has 5 heteroatoms. The van der Waals surface area contributed by atoms with Crippen LogP contribution in [0.4, 0.5) is 0 Å². The lowest BCUT2D eigenvalue weighted by molar-refractivity contribution is -0.132. The van der Waals surface area contributed by atoms with Gasteiger partial charge in [0.2, 0.25) is 11.8 Å². The van der Waals surface area contributed by atoms with Gasteiger partial charge in [-0.05, 0) is 19.8 Å². The van der Waals surface area contributed by atoms with Crippen molar-refractivity contribution >= 4 is 11.8 Å². The van der Waals surface area contributed by atoms with Gasteiger partial charge in [-0.25, -0.2) is 0 Å². The van der Waals surface area contributed by atoms with Crippen LogP contribution in [0.1, 0.15) is 26.7 Å². The number of rotatable bonds is 5. The Balaban J connectivity index is 2.31. The molecular formula is C11H21N3O2. The number of nitrogens with one attached hydrogen (secondary N) is 1. The lowest BCUT2D eigenvalue weighted by atomic mass is 10.1. The minimum atomic E-state index is -0.340. The topological polar surface area (TPSA) is 75.4 Å². The highest BCUT2D eigenvalue weighted by Gasteiger charge is 2.23. The summed E-state index contributed by atoms with van der Waals surface area (Å²) < 4.78 is 0. The number of amides is 2. The van der Waals surface area contributed by atoms with E-state index in [4.69, 9.17) is 5.73 Å². The Labute approximate surface area is 96.4 Å². The SMILES string of the molecule is CC(CNC(C)C(=O)N1CCCC1)C(N)=O. The lowest BCUT2D eigenvalue weighted by Crippen LogP contribution is -2.46. The summed E-state index contributed by atoms with van der Waals surface area (Å²) in [6.45, 7) is 5.75. The van der Waals surface area contributed by atoms with E-state index >= 15 is 0 Å². The van der Waals surface area contributed by atoms with Gasteiger partial charge in [0.05, 0.1) is 6.04 Å². The van der Waals surface area contributed by atoms with Crippen LogP contribution in [0.15, 0.2) is 0 Å². The first-order chi connectivity index (χ1) is 7.52. The van der Waals surface area contributed by atoms with Gasteiger partial charge in [0.25, 0.3) is 0 Å². The van der Waals surface area contributed by atoms with Crippen LogP contribution in [-0.4, -0.2) is 42.4 Å². The third kappa shape index (κ3) is 3.48. The van der Waals surface area contributed by atoms with E-state index in [1.807, 2.05) is 11.8 Å². The molecule has 16 heavy (non-hydrogen) atoms. The van der Waals surface area contributed by atoms with Gasteiger partial charge in [0, 0.05) is 25.6 Å². The van der Waals surface area contributed by atoms with Crippen molar-refractivity contribution in [3.63, 3.8) is 0 Å². The number of nitrogens with zero attached hydrogens (tertiary/aromatic N) is 1. The minimum Gasteiger partial charge on any atom is -0.369 e. The van der Waals surface area contributed by atoms with Gasteiger partial charge in [-0.2, -0.15) is 0 Å². The Morgan fingerprint density at radius 1 is 1.31 bits per heavy atom. The molecule has 1 aliphatic heterocycles. The van der Waals surface area contributed by atoms with Crippen LogP contribution >= 0.6 is 0 Å². The normalized spacial score (nSPS) is 19.5. The first kappa shape index (κ1) is 13.0. The van der Waals surface area contributed by atoms with Crippen molar-refractivity contribution in [3.05, 3.63) is 0 Å². The van der Waals surface area contributed by atoms with E-state index in [9.17, 15) is 9.59 Å². The Bertz CT molecular complexity index is 262. The number of hydrogen-bond acceptors (Lipinski definition) is 3. The third-order valence-corrected chi connectivity index (χ3v) is 3.00. The van der Waals surface area contributed by atoms with Crippen molar-refractivity contribution < 1.29 is 9.59 Å². The fourth-order valence-corrected chi connectivity index (χ4v) is 1.75. The number of likely N-dealkylation sites (tertiary alicyclic amines) is 1. The summed E-state index contributed by atoms with van der Waals surface area (Å²) in [4.78, 5) is 24.6. The Morgan fingerprint density at radius 2 is 1.88 bits per heavy atom. The maximum atomic E-state index is 11.9. The number of carbonyl (C=O) groups excluding carboxylic acids is 2. The van der Waals surface area contributed by atoms with E-state index < -0.39 is 0 Å². The zero-order valence-corrected chi connectivity index (χ0v) is 10.0. The lowest BCUT2D eigenvalue weighted by Gasteiger charge is -2.22. The summed E-state index contributed by atoms with van der Waals surface area (Å²) >= 11 is 0. The summed E-state index contributed by atoms with van der Waals surface area (Å²) in [5.74, 6) is -0.462.